The van der Waals surface area contributed by atoms with Crippen molar-refractivity contribution in [3.05, 3.63) is 60.1 Å². The quantitative estimate of drug-likeness (QED) is 0.578. The average molecular weight is 358 g/mol. The number of carbonyl (C=O) groups is 3. The summed E-state index contributed by atoms with van der Waals surface area (Å²) in [5, 5.41) is 4.47. The number of ether oxygens (including phenoxy) is 2. The molecular weight excluding hydrogens is 340 g/mol. The van der Waals surface area contributed by atoms with Crippen molar-refractivity contribution in [1.82, 2.24) is 10.6 Å². The Balaban J connectivity index is 1.69. The van der Waals surface area contributed by atoms with E-state index in [4.69, 9.17) is 13.9 Å². The number of benzene rings is 1. The van der Waals surface area contributed by atoms with E-state index in [1.807, 2.05) is 5.32 Å². The molecule has 0 aliphatic carbocycles. The number of urea groups is 1. The predicted molar refractivity (Wildman–Crippen MR) is 92.1 cm³/mol. The number of rotatable bonds is 7. The fraction of sp³-hybridized carbons (Fsp3) is 0.167. The first-order chi connectivity index (χ1) is 12.6. The third-order valence-corrected chi connectivity index (χ3v) is 3.11. The first-order valence-electron chi connectivity index (χ1n) is 7.66. The van der Waals surface area contributed by atoms with Gasteiger partial charge in [0.2, 0.25) is 0 Å². The molecule has 1 aromatic heterocycles. The van der Waals surface area contributed by atoms with Crippen LogP contribution in [-0.4, -0.2) is 31.6 Å². The summed E-state index contributed by atoms with van der Waals surface area (Å²) in [5.74, 6) is -0.258. The molecule has 136 valence electrons. The van der Waals surface area contributed by atoms with Crippen molar-refractivity contribution >= 4 is 24.0 Å². The Hall–Kier alpha value is -3.55. The number of hydrogen-bond acceptors (Lipinski definition) is 6. The van der Waals surface area contributed by atoms with Crippen LogP contribution in [0, 0.1) is 0 Å². The maximum absolute atomic E-state index is 11.6. The molecule has 0 aliphatic heterocycles. The molecular formula is C18H18N2O6. The van der Waals surface area contributed by atoms with Crippen LogP contribution in [0.3, 0.4) is 0 Å². The lowest BCUT2D eigenvalue weighted by Gasteiger charge is -2.05. The fourth-order valence-corrected chi connectivity index (χ4v) is 1.88. The average Bonchev–Trinajstić information content (AvgIpc) is 3.17. The Bertz CT molecular complexity index is 783. The zero-order chi connectivity index (χ0) is 18.8. The fourth-order valence-electron chi connectivity index (χ4n) is 1.88. The summed E-state index contributed by atoms with van der Waals surface area (Å²) < 4.78 is 14.9. The number of amides is 3. The Labute approximate surface area is 149 Å². The van der Waals surface area contributed by atoms with Gasteiger partial charge in [-0.25, -0.2) is 9.59 Å². The number of esters is 1. The summed E-state index contributed by atoms with van der Waals surface area (Å²) >= 11 is 0. The summed E-state index contributed by atoms with van der Waals surface area (Å²) in [6, 6.07) is 9.71. The Morgan fingerprint density at radius 2 is 2.04 bits per heavy atom. The second kappa shape index (κ2) is 9.67. The summed E-state index contributed by atoms with van der Waals surface area (Å²) in [6.07, 6.45) is 4.18. The summed E-state index contributed by atoms with van der Waals surface area (Å²) in [4.78, 5) is 34.7. The van der Waals surface area contributed by atoms with Crippen LogP contribution in [0.25, 0.3) is 6.08 Å². The molecule has 0 atom stereocenters. The van der Waals surface area contributed by atoms with E-state index in [1.165, 1.54) is 18.4 Å². The molecule has 2 N–H and O–H groups in total. The molecule has 0 bridgehead atoms. The minimum Gasteiger partial charge on any atom is -0.497 e. The molecule has 26 heavy (non-hydrogen) atoms. The molecule has 0 spiro atoms. The highest BCUT2D eigenvalue weighted by Gasteiger charge is 2.10. The third kappa shape index (κ3) is 6.52. The molecule has 3 amide bonds. The zero-order valence-corrected chi connectivity index (χ0v) is 14.1. The van der Waals surface area contributed by atoms with Crippen molar-refractivity contribution in [2.75, 3.05) is 13.7 Å². The lowest BCUT2D eigenvalue weighted by Crippen LogP contribution is -2.41. The van der Waals surface area contributed by atoms with Crippen LogP contribution in [0.2, 0.25) is 0 Å². The molecule has 8 heteroatoms. The van der Waals surface area contributed by atoms with Crippen LogP contribution in [-0.2, 0) is 20.9 Å². The third-order valence-electron chi connectivity index (χ3n) is 3.11. The number of methoxy groups -OCH3 is 1. The van der Waals surface area contributed by atoms with Crippen molar-refractivity contribution in [2.24, 2.45) is 0 Å². The minimum absolute atomic E-state index is 0.134. The van der Waals surface area contributed by atoms with Crippen molar-refractivity contribution in [2.45, 2.75) is 6.54 Å². The minimum atomic E-state index is -0.745. The van der Waals surface area contributed by atoms with Gasteiger partial charge in [0, 0.05) is 6.08 Å². The van der Waals surface area contributed by atoms with Gasteiger partial charge in [0.25, 0.3) is 5.91 Å². The summed E-state index contributed by atoms with van der Waals surface area (Å²) in [6.45, 7) is -0.440. The van der Waals surface area contributed by atoms with E-state index in [1.54, 1.807) is 43.5 Å². The van der Waals surface area contributed by atoms with Gasteiger partial charge < -0.3 is 19.2 Å². The van der Waals surface area contributed by atoms with E-state index in [-0.39, 0.29) is 6.54 Å². The summed E-state index contributed by atoms with van der Waals surface area (Å²) in [5.41, 5.74) is 0.739. The van der Waals surface area contributed by atoms with Gasteiger partial charge in [-0.05, 0) is 35.9 Å². The number of carbonyl (C=O) groups excluding carboxylic acids is 3. The van der Waals surface area contributed by atoms with Crippen LogP contribution in [0.5, 0.6) is 5.75 Å². The Kier molecular flexibility index (Phi) is 6.99. The maximum Gasteiger partial charge on any atom is 0.331 e. The first-order valence-corrected chi connectivity index (χ1v) is 7.66. The van der Waals surface area contributed by atoms with Gasteiger partial charge >= 0.3 is 12.0 Å². The number of imide groups is 1. The lowest BCUT2D eigenvalue weighted by molar-refractivity contribution is -0.143. The van der Waals surface area contributed by atoms with Crippen LogP contribution < -0.4 is 15.4 Å². The molecule has 1 heterocycles. The maximum atomic E-state index is 11.6. The topological polar surface area (TPSA) is 107 Å². The van der Waals surface area contributed by atoms with Crippen molar-refractivity contribution in [1.29, 1.82) is 0 Å². The second-order valence-electron chi connectivity index (χ2n) is 5.03. The molecule has 0 aliphatic rings. The highest BCUT2D eigenvalue weighted by atomic mass is 16.5. The van der Waals surface area contributed by atoms with Crippen LogP contribution >= 0.6 is 0 Å². The lowest BCUT2D eigenvalue weighted by atomic mass is 10.2. The van der Waals surface area contributed by atoms with Gasteiger partial charge in [-0.15, -0.1) is 0 Å². The standard InChI is InChI=1S/C18H18N2O6/c1-24-14-5-2-4-13(10-14)7-8-17(22)26-12-16(21)20-18(23)19-11-15-6-3-9-25-15/h2-10H,11-12H2,1H3,(H2,19,20,21,23)/b8-7+. The molecule has 0 saturated carbocycles. The SMILES string of the molecule is COc1cccc(/C=C/C(=O)OCC(=O)NC(=O)NCc2ccco2)c1. The van der Waals surface area contributed by atoms with Gasteiger partial charge in [0.1, 0.15) is 11.5 Å². The van der Waals surface area contributed by atoms with E-state index in [2.05, 4.69) is 5.32 Å². The monoisotopic (exact) mass is 358 g/mol. The second-order valence-corrected chi connectivity index (χ2v) is 5.03. The summed E-state index contributed by atoms with van der Waals surface area (Å²) in [7, 11) is 1.54. The number of nitrogens with one attached hydrogen (secondary N) is 2. The molecule has 0 unspecified atom stereocenters. The Morgan fingerprint density at radius 3 is 2.77 bits per heavy atom. The van der Waals surface area contributed by atoms with Crippen molar-refractivity contribution in [3.8, 4) is 5.75 Å². The smallest absolute Gasteiger partial charge is 0.331 e. The highest BCUT2D eigenvalue weighted by Crippen LogP contribution is 2.13. The van der Waals surface area contributed by atoms with Gasteiger partial charge in [-0.1, -0.05) is 12.1 Å². The van der Waals surface area contributed by atoms with E-state index < -0.39 is 24.5 Å². The molecule has 2 rings (SSSR count). The molecule has 1 aromatic carbocycles. The molecule has 2 aromatic rings. The van der Waals surface area contributed by atoms with E-state index >= 15 is 0 Å². The van der Waals surface area contributed by atoms with Gasteiger partial charge in [0.05, 0.1) is 19.9 Å². The van der Waals surface area contributed by atoms with Crippen LogP contribution in [0.4, 0.5) is 4.79 Å². The predicted octanol–water partition coefficient (Wildman–Crippen LogP) is 1.87. The van der Waals surface area contributed by atoms with Crippen molar-refractivity contribution in [3.63, 3.8) is 0 Å². The van der Waals surface area contributed by atoms with E-state index in [0.29, 0.717) is 11.5 Å². The largest absolute Gasteiger partial charge is 0.497 e. The van der Waals surface area contributed by atoms with E-state index in [9.17, 15) is 14.4 Å². The molecule has 8 nitrogen and oxygen atoms in total. The number of furan rings is 1. The zero-order valence-electron chi connectivity index (χ0n) is 14.1. The van der Waals surface area contributed by atoms with Crippen molar-refractivity contribution < 1.29 is 28.3 Å². The van der Waals surface area contributed by atoms with E-state index in [0.717, 1.165) is 5.56 Å². The van der Waals surface area contributed by atoms with Gasteiger partial charge in [-0.2, -0.15) is 0 Å². The molecule has 0 radical (unpaired) electrons. The Morgan fingerprint density at radius 1 is 1.19 bits per heavy atom. The molecule has 0 saturated heterocycles. The normalized spacial score (nSPS) is 10.3. The van der Waals surface area contributed by atoms with Crippen LogP contribution in [0.15, 0.2) is 53.2 Å². The van der Waals surface area contributed by atoms with Gasteiger partial charge in [0.15, 0.2) is 6.61 Å². The highest BCUT2D eigenvalue weighted by molar-refractivity contribution is 5.96. The molecule has 0 fully saturated rings. The van der Waals surface area contributed by atoms with Gasteiger partial charge in [-0.3, -0.25) is 10.1 Å². The van der Waals surface area contributed by atoms with Crippen LogP contribution in [0.1, 0.15) is 11.3 Å². The number of hydrogen-bond donors (Lipinski definition) is 2. The first kappa shape index (κ1) is 18.8.